The first-order chi connectivity index (χ1) is 18.8. The van der Waals surface area contributed by atoms with Gasteiger partial charge in [0.15, 0.2) is 4.80 Å². The maximum absolute atomic E-state index is 13.9. The topological polar surface area (TPSA) is 34.4 Å². The Morgan fingerprint density at radius 2 is 1.64 bits per heavy atom. The Labute approximate surface area is 237 Å². The van der Waals surface area contributed by atoms with Crippen LogP contribution >= 0.6 is 34.5 Å². The molecule has 2 heterocycles. The Morgan fingerprint density at radius 1 is 0.949 bits per heavy atom. The van der Waals surface area contributed by atoms with E-state index in [2.05, 4.69) is 6.92 Å². The van der Waals surface area contributed by atoms with Crippen molar-refractivity contribution >= 4 is 46.7 Å². The van der Waals surface area contributed by atoms with Crippen LogP contribution in [0.25, 0.3) is 12.2 Å². The number of hydrogen-bond acceptors (Lipinski definition) is 3. The zero-order chi connectivity index (χ0) is 27.3. The van der Waals surface area contributed by atoms with E-state index in [4.69, 9.17) is 28.2 Å². The average molecular weight is 579 g/mol. The van der Waals surface area contributed by atoms with Crippen LogP contribution < -0.4 is 14.9 Å². The number of allylic oxidation sites excluding steroid dienone is 2. The molecule has 1 aromatic heterocycles. The minimum Gasteiger partial charge on any atom is -0.272 e. The molecule has 1 aliphatic carbocycles. The molecule has 0 amide bonds. The molecule has 1 aliphatic heterocycles. The fourth-order valence-electron chi connectivity index (χ4n) is 5.29. The quantitative estimate of drug-likeness (QED) is 0.251. The lowest BCUT2D eigenvalue weighted by atomic mass is 9.79. The number of fused-ring (bicyclic) bond motifs is 1. The first-order valence-corrected chi connectivity index (χ1v) is 14.1. The molecule has 39 heavy (non-hydrogen) atoms. The molecule has 0 radical (unpaired) electrons. The zero-order valence-electron chi connectivity index (χ0n) is 20.8. The van der Waals surface area contributed by atoms with E-state index < -0.39 is 6.04 Å². The summed E-state index contributed by atoms with van der Waals surface area (Å²) >= 11 is 13.8. The first-order valence-electron chi connectivity index (χ1n) is 12.5. The van der Waals surface area contributed by atoms with Crippen molar-refractivity contribution in [3.05, 3.63) is 142 Å². The van der Waals surface area contributed by atoms with Gasteiger partial charge in [0.2, 0.25) is 0 Å². The van der Waals surface area contributed by atoms with Crippen LogP contribution in [0.5, 0.6) is 0 Å². The molecular weight excluding hydrogens is 557 g/mol. The van der Waals surface area contributed by atoms with Gasteiger partial charge >= 0.3 is 0 Å². The van der Waals surface area contributed by atoms with Crippen LogP contribution in [0, 0.1) is 17.6 Å². The lowest BCUT2D eigenvalue weighted by Crippen LogP contribution is -2.39. The van der Waals surface area contributed by atoms with Crippen molar-refractivity contribution in [1.29, 1.82) is 0 Å². The van der Waals surface area contributed by atoms with Gasteiger partial charge in [-0.25, -0.2) is 13.8 Å². The van der Waals surface area contributed by atoms with Gasteiger partial charge < -0.3 is 0 Å². The molecule has 2 atom stereocenters. The monoisotopic (exact) mass is 578 g/mol. The summed E-state index contributed by atoms with van der Waals surface area (Å²) in [7, 11) is 0. The highest BCUT2D eigenvalue weighted by Gasteiger charge is 2.34. The SMILES string of the molecule is C[C@@H]1CC2=C(N=c3s/c(=C/c4ccc(Cl)cc4Cl)c(=O)n3[C@@H]2c2ccc(F)cc2)/C(=C/c2ccc(F)cc2)C1. The van der Waals surface area contributed by atoms with E-state index in [0.29, 0.717) is 30.9 Å². The third-order valence-electron chi connectivity index (χ3n) is 7.02. The van der Waals surface area contributed by atoms with Crippen molar-refractivity contribution < 1.29 is 8.78 Å². The molecule has 8 heteroatoms. The van der Waals surface area contributed by atoms with Gasteiger partial charge in [0.05, 0.1) is 16.3 Å². The lowest BCUT2D eigenvalue weighted by Gasteiger charge is -2.33. The fraction of sp³-hybridized carbons (Fsp3) is 0.161. The molecule has 0 saturated heterocycles. The second-order valence-electron chi connectivity index (χ2n) is 9.91. The van der Waals surface area contributed by atoms with E-state index in [1.54, 1.807) is 53.1 Å². The second-order valence-corrected chi connectivity index (χ2v) is 11.8. The van der Waals surface area contributed by atoms with E-state index in [-0.39, 0.29) is 17.2 Å². The Morgan fingerprint density at radius 3 is 2.33 bits per heavy atom. The molecule has 3 nitrogen and oxygen atoms in total. The molecule has 0 fully saturated rings. The molecular formula is C31H22Cl2F2N2OS. The smallest absolute Gasteiger partial charge is 0.271 e. The van der Waals surface area contributed by atoms with Crippen molar-refractivity contribution in [3.8, 4) is 0 Å². The Balaban J connectivity index is 1.59. The molecule has 0 spiro atoms. The van der Waals surface area contributed by atoms with Crippen LogP contribution in [0.4, 0.5) is 8.78 Å². The first kappa shape index (κ1) is 25.9. The summed E-state index contributed by atoms with van der Waals surface area (Å²) in [4.78, 5) is 19.5. The van der Waals surface area contributed by atoms with Crippen LogP contribution in [0.15, 0.2) is 93.4 Å². The highest BCUT2D eigenvalue weighted by atomic mass is 35.5. The molecule has 0 N–H and O–H groups in total. The maximum Gasteiger partial charge on any atom is 0.271 e. The Bertz CT molecular complexity index is 1840. The van der Waals surface area contributed by atoms with Gasteiger partial charge in [-0.3, -0.25) is 9.36 Å². The number of halogens is 4. The van der Waals surface area contributed by atoms with E-state index in [9.17, 15) is 13.6 Å². The third kappa shape index (κ3) is 5.05. The summed E-state index contributed by atoms with van der Waals surface area (Å²) in [6, 6.07) is 17.4. The molecule has 0 saturated carbocycles. The summed E-state index contributed by atoms with van der Waals surface area (Å²) in [5, 5.41) is 0.957. The average Bonchev–Trinajstić information content (AvgIpc) is 3.21. The van der Waals surface area contributed by atoms with Gasteiger partial charge in [0, 0.05) is 10.0 Å². The van der Waals surface area contributed by atoms with Gasteiger partial charge in [-0.05, 0) is 95.1 Å². The van der Waals surface area contributed by atoms with Crippen LogP contribution in [0.1, 0.15) is 42.5 Å². The summed E-state index contributed by atoms with van der Waals surface area (Å²) < 4.78 is 29.7. The molecule has 0 bridgehead atoms. The Hall–Kier alpha value is -3.32. The lowest BCUT2D eigenvalue weighted by molar-refractivity contribution is 0.481. The summed E-state index contributed by atoms with van der Waals surface area (Å²) in [6.45, 7) is 2.16. The molecule has 2 aliphatic rings. The van der Waals surface area contributed by atoms with E-state index in [0.717, 1.165) is 40.8 Å². The van der Waals surface area contributed by atoms with Gasteiger partial charge in [-0.1, -0.05) is 71.8 Å². The minimum absolute atomic E-state index is 0.187. The predicted octanol–water partition coefficient (Wildman–Crippen LogP) is 7.31. The van der Waals surface area contributed by atoms with E-state index in [1.165, 1.54) is 35.6 Å². The van der Waals surface area contributed by atoms with Gasteiger partial charge in [0.25, 0.3) is 5.56 Å². The largest absolute Gasteiger partial charge is 0.272 e. The molecule has 4 aromatic rings. The van der Waals surface area contributed by atoms with Crippen LogP contribution in [-0.4, -0.2) is 4.57 Å². The van der Waals surface area contributed by atoms with Crippen molar-refractivity contribution in [2.45, 2.75) is 25.8 Å². The zero-order valence-corrected chi connectivity index (χ0v) is 23.1. The van der Waals surface area contributed by atoms with Crippen LogP contribution in [-0.2, 0) is 0 Å². The molecule has 6 rings (SSSR count). The van der Waals surface area contributed by atoms with Crippen LogP contribution in [0.2, 0.25) is 10.0 Å². The standard InChI is InChI=1S/C31H22Cl2F2N2OS/c1-17-12-21(14-18-2-8-23(34)9-3-18)28-25(13-17)29(19-5-10-24(35)11-6-19)37-30(38)27(39-31(37)36-28)15-20-4-7-22(32)16-26(20)33/h2-11,14-17,29H,12-13H2,1H3/b21-14+,27-15+/t17-,29+/m0/s1. The van der Waals surface area contributed by atoms with Gasteiger partial charge in [-0.15, -0.1) is 0 Å². The summed E-state index contributed by atoms with van der Waals surface area (Å²) in [6.07, 6.45) is 5.33. The number of benzene rings is 3. The number of hydrogen-bond donors (Lipinski definition) is 0. The third-order valence-corrected chi connectivity index (χ3v) is 8.57. The number of rotatable bonds is 3. The number of nitrogens with zero attached hydrogens (tertiary/aromatic N) is 2. The van der Waals surface area contributed by atoms with Gasteiger partial charge in [0.1, 0.15) is 11.6 Å². The highest BCUT2D eigenvalue weighted by molar-refractivity contribution is 7.07. The summed E-state index contributed by atoms with van der Waals surface area (Å²) in [5.74, 6) is -0.338. The number of aromatic nitrogens is 1. The van der Waals surface area contributed by atoms with Crippen molar-refractivity contribution in [2.24, 2.45) is 10.9 Å². The van der Waals surface area contributed by atoms with Crippen molar-refractivity contribution in [2.75, 3.05) is 0 Å². The molecule has 0 unspecified atom stereocenters. The normalized spacial score (nSPS) is 20.1. The van der Waals surface area contributed by atoms with Gasteiger partial charge in [-0.2, -0.15) is 0 Å². The highest BCUT2D eigenvalue weighted by Crippen LogP contribution is 2.43. The van der Waals surface area contributed by atoms with Crippen molar-refractivity contribution in [1.82, 2.24) is 4.57 Å². The number of thiazole rings is 1. The molecule has 3 aromatic carbocycles. The summed E-state index contributed by atoms with van der Waals surface area (Å²) in [5.41, 5.74) is 5.06. The Kier molecular flexibility index (Phi) is 6.88. The van der Waals surface area contributed by atoms with E-state index in [1.807, 2.05) is 6.08 Å². The van der Waals surface area contributed by atoms with E-state index >= 15 is 0 Å². The minimum atomic E-state index is -0.431. The predicted molar refractivity (Wildman–Crippen MR) is 154 cm³/mol. The fourth-order valence-corrected chi connectivity index (χ4v) is 6.75. The van der Waals surface area contributed by atoms with Crippen LogP contribution in [0.3, 0.4) is 0 Å². The molecule has 196 valence electrons. The second kappa shape index (κ2) is 10.3. The van der Waals surface area contributed by atoms with Crippen molar-refractivity contribution in [3.63, 3.8) is 0 Å². The maximum atomic E-state index is 13.9.